The number of carbonyl (C=O) groups excluding carboxylic acids is 3. The molecule has 3 aromatic rings. The van der Waals surface area contributed by atoms with Crippen LogP contribution in [0, 0.1) is 6.92 Å². The normalized spacial score (nSPS) is 18.4. The highest BCUT2D eigenvalue weighted by molar-refractivity contribution is 9.10. The molecule has 3 aromatic carbocycles. The number of carbonyl (C=O) groups is 3. The molecule has 0 spiro atoms. The molecule has 0 radical (unpaired) electrons. The summed E-state index contributed by atoms with van der Waals surface area (Å²) >= 11 is 22.3. The standard InChI is InChI=1S/C44H51BrCl3N3O7/c1-28-7-9-29(10-8-28)21-22-50(32-15-16-32)39(52)38-36(30-11-17-34(18-12-30)55-23-24-56-35-19-13-31(45)14-20-35)25-33-26-49(40(53)57-42(2,3)4)27-37(38)51(33)41(54)58-43(5,6)44(46,47)48/h7-14,17-20,32-33,37H,15-16,21-27H2,1-6H3. The topological polar surface area (TPSA) is 97.9 Å². The first kappa shape index (κ1) is 43.9. The van der Waals surface area contributed by atoms with Crippen LogP contribution < -0.4 is 9.47 Å². The predicted octanol–water partition coefficient (Wildman–Crippen LogP) is 10.2. The molecule has 2 bridgehead atoms. The van der Waals surface area contributed by atoms with E-state index in [1.807, 2.05) is 60.4 Å². The summed E-state index contributed by atoms with van der Waals surface area (Å²) < 4.78 is 22.6. The maximum Gasteiger partial charge on any atom is 0.411 e. The lowest BCUT2D eigenvalue weighted by Gasteiger charge is -2.51. The van der Waals surface area contributed by atoms with Crippen LogP contribution in [-0.2, 0) is 20.7 Å². The number of benzene rings is 3. The van der Waals surface area contributed by atoms with Crippen LogP contribution >= 0.6 is 50.7 Å². The minimum Gasteiger partial charge on any atom is -0.490 e. The van der Waals surface area contributed by atoms with E-state index in [1.165, 1.54) is 13.8 Å². The van der Waals surface area contributed by atoms with Crippen LogP contribution in [0.3, 0.4) is 0 Å². The zero-order chi connectivity index (χ0) is 42.0. The third-order valence-corrected chi connectivity index (χ3v) is 12.3. The Balaban J connectivity index is 1.35. The van der Waals surface area contributed by atoms with Crippen molar-refractivity contribution in [1.29, 1.82) is 0 Å². The number of ether oxygens (including phenoxy) is 4. The summed E-state index contributed by atoms with van der Waals surface area (Å²) in [5, 5.41) is 0. The molecule has 3 amide bonds. The van der Waals surface area contributed by atoms with Crippen molar-refractivity contribution >= 4 is 74.4 Å². The molecule has 2 heterocycles. The van der Waals surface area contributed by atoms with Crippen molar-refractivity contribution in [3.63, 3.8) is 0 Å². The van der Waals surface area contributed by atoms with E-state index in [9.17, 15) is 9.59 Å². The van der Waals surface area contributed by atoms with Gasteiger partial charge in [0.05, 0.1) is 12.1 Å². The Labute approximate surface area is 364 Å². The highest BCUT2D eigenvalue weighted by Crippen LogP contribution is 2.44. The van der Waals surface area contributed by atoms with Crippen molar-refractivity contribution in [2.24, 2.45) is 0 Å². The van der Waals surface area contributed by atoms with Gasteiger partial charge in [0.1, 0.15) is 30.3 Å². The molecule has 2 aliphatic heterocycles. The van der Waals surface area contributed by atoms with Gasteiger partial charge in [-0.05, 0) is 120 Å². The van der Waals surface area contributed by atoms with E-state index in [2.05, 4.69) is 40.2 Å². The molecular weight excluding hydrogens is 869 g/mol. The van der Waals surface area contributed by atoms with Gasteiger partial charge in [0.25, 0.3) is 5.91 Å². The molecule has 1 aliphatic carbocycles. The van der Waals surface area contributed by atoms with Gasteiger partial charge in [-0.1, -0.05) is 92.7 Å². The van der Waals surface area contributed by atoms with Crippen LogP contribution in [0.1, 0.15) is 70.6 Å². The Morgan fingerprint density at radius 3 is 1.93 bits per heavy atom. The number of aryl methyl sites for hydroxylation is 1. The first-order valence-corrected chi connectivity index (χ1v) is 21.5. The minimum atomic E-state index is -1.94. The number of amides is 3. The van der Waals surface area contributed by atoms with E-state index in [-0.39, 0.29) is 31.5 Å². The zero-order valence-electron chi connectivity index (χ0n) is 33.7. The summed E-state index contributed by atoms with van der Waals surface area (Å²) in [6, 6.07) is 22.1. The summed E-state index contributed by atoms with van der Waals surface area (Å²) in [5.74, 6) is 1.19. The third-order valence-electron chi connectivity index (χ3n) is 10.4. The molecule has 10 nitrogen and oxygen atoms in total. The van der Waals surface area contributed by atoms with Gasteiger partial charge in [-0.15, -0.1) is 0 Å². The Bertz CT molecular complexity index is 1980. The highest BCUT2D eigenvalue weighted by Gasteiger charge is 2.52. The first-order valence-electron chi connectivity index (χ1n) is 19.6. The quantitative estimate of drug-likeness (QED) is 0.132. The zero-order valence-corrected chi connectivity index (χ0v) is 37.6. The number of halogens is 4. The van der Waals surface area contributed by atoms with Gasteiger partial charge < -0.3 is 28.7 Å². The largest absolute Gasteiger partial charge is 0.490 e. The van der Waals surface area contributed by atoms with E-state index >= 15 is 4.79 Å². The monoisotopic (exact) mass is 917 g/mol. The number of piperazine rings is 1. The van der Waals surface area contributed by atoms with E-state index < -0.39 is 39.3 Å². The van der Waals surface area contributed by atoms with Gasteiger partial charge in [-0.2, -0.15) is 0 Å². The molecule has 14 heteroatoms. The van der Waals surface area contributed by atoms with Crippen molar-refractivity contribution < 1.29 is 33.3 Å². The molecule has 2 unspecified atom stereocenters. The lowest BCUT2D eigenvalue weighted by molar-refractivity contribution is -0.129. The van der Waals surface area contributed by atoms with E-state index in [4.69, 9.17) is 53.8 Å². The number of hydrogen-bond donors (Lipinski definition) is 0. The van der Waals surface area contributed by atoms with Gasteiger partial charge in [-0.3, -0.25) is 9.69 Å². The number of fused-ring (bicyclic) bond motifs is 2. The first-order chi connectivity index (χ1) is 27.3. The van der Waals surface area contributed by atoms with Crippen LogP contribution in [0.25, 0.3) is 5.57 Å². The van der Waals surface area contributed by atoms with E-state index in [0.29, 0.717) is 37.5 Å². The second kappa shape index (κ2) is 17.9. The van der Waals surface area contributed by atoms with Crippen LogP contribution in [0.4, 0.5) is 9.59 Å². The summed E-state index contributed by atoms with van der Waals surface area (Å²) in [6.45, 7) is 11.8. The van der Waals surface area contributed by atoms with Gasteiger partial charge in [0.15, 0.2) is 5.60 Å². The summed E-state index contributed by atoms with van der Waals surface area (Å²) in [4.78, 5) is 48.4. The fraction of sp³-hybridized carbons (Fsp3) is 0.477. The minimum absolute atomic E-state index is 0.00465. The van der Waals surface area contributed by atoms with Crippen LogP contribution in [0.2, 0.25) is 0 Å². The van der Waals surface area contributed by atoms with Gasteiger partial charge in [-0.25, -0.2) is 9.59 Å². The SMILES string of the molecule is Cc1ccc(CCN(C(=O)C2=C(c3ccc(OCCOc4ccc(Br)cc4)cc3)CC3CN(C(=O)OC(C)(C)C)CC2N3C(=O)OC(C)(C)C(Cl)(Cl)Cl)C2CC2)cc1. The molecule has 3 aliphatic rings. The van der Waals surface area contributed by atoms with Gasteiger partial charge in [0.2, 0.25) is 3.79 Å². The maximum absolute atomic E-state index is 15.3. The van der Waals surface area contributed by atoms with Crippen molar-refractivity contribution in [2.75, 3.05) is 32.8 Å². The Hall–Kier alpha value is -3.64. The molecule has 2 atom stereocenters. The molecule has 312 valence electrons. The van der Waals surface area contributed by atoms with Crippen molar-refractivity contribution in [1.82, 2.24) is 14.7 Å². The Morgan fingerprint density at radius 1 is 0.793 bits per heavy atom. The summed E-state index contributed by atoms with van der Waals surface area (Å²) in [5.41, 5.74) is 2.02. The number of nitrogens with zero attached hydrogens (tertiary/aromatic N) is 3. The predicted molar refractivity (Wildman–Crippen MR) is 231 cm³/mol. The van der Waals surface area contributed by atoms with E-state index in [0.717, 1.165) is 45.3 Å². The second-order valence-electron chi connectivity index (χ2n) is 16.6. The third kappa shape index (κ3) is 10.9. The molecule has 2 fully saturated rings. The lowest BCUT2D eigenvalue weighted by atomic mass is 9.81. The number of alkyl halides is 3. The fourth-order valence-electron chi connectivity index (χ4n) is 7.13. The Morgan fingerprint density at radius 2 is 1.38 bits per heavy atom. The van der Waals surface area contributed by atoms with E-state index in [1.54, 1.807) is 30.6 Å². The van der Waals surface area contributed by atoms with Crippen LogP contribution in [0.5, 0.6) is 11.5 Å². The second-order valence-corrected chi connectivity index (χ2v) is 19.8. The van der Waals surface area contributed by atoms with Gasteiger partial charge >= 0.3 is 12.2 Å². The Kier molecular flexibility index (Phi) is 13.6. The van der Waals surface area contributed by atoms with Gasteiger partial charge in [0, 0.05) is 35.7 Å². The van der Waals surface area contributed by atoms with Crippen molar-refractivity contribution in [2.45, 2.75) is 100 Å². The summed E-state index contributed by atoms with van der Waals surface area (Å²) in [6.07, 6.45) is 1.38. The summed E-state index contributed by atoms with van der Waals surface area (Å²) in [7, 11) is 0. The maximum atomic E-state index is 15.3. The molecule has 1 saturated heterocycles. The van der Waals surface area contributed by atoms with Crippen molar-refractivity contribution in [3.8, 4) is 11.5 Å². The molecule has 6 rings (SSSR count). The number of rotatable bonds is 12. The molecule has 0 aromatic heterocycles. The average Bonchev–Trinajstić information content (AvgIpc) is 3.99. The van der Waals surface area contributed by atoms with Crippen LogP contribution in [-0.4, -0.2) is 98.8 Å². The van der Waals surface area contributed by atoms with Crippen LogP contribution in [0.15, 0.2) is 82.8 Å². The highest BCUT2D eigenvalue weighted by atomic mass is 79.9. The smallest absolute Gasteiger partial charge is 0.411 e. The average molecular weight is 920 g/mol. The molecule has 58 heavy (non-hydrogen) atoms. The molecule has 0 N–H and O–H groups in total. The molecule has 1 saturated carbocycles. The number of hydrogen-bond acceptors (Lipinski definition) is 7. The molecular formula is C44H51BrCl3N3O7. The lowest BCUT2D eigenvalue weighted by Crippen LogP contribution is -2.66. The fourth-order valence-corrected chi connectivity index (χ4v) is 7.51. The van der Waals surface area contributed by atoms with Crippen molar-refractivity contribution in [3.05, 3.63) is 99.5 Å².